The SMILES string of the molecule is O=C(O)CCS(=O)(=O)NCCOCC(F)(F)F. The lowest BCUT2D eigenvalue weighted by Gasteiger charge is -2.08. The fourth-order valence-electron chi connectivity index (χ4n) is 0.751. The Morgan fingerprint density at radius 1 is 1.35 bits per heavy atom. The summed E-state index contributed by atoms with van der Waals surface area (Å²) in [5.74, 6) is -1.90. The van der Waals surface area contributed by atoms with Gasteiger partial charge in [0.1, 0.15) is 6.61 Å². The van der Waals surface area contributed by atoms with E-state index in [4.69, 9.17) is 5.11 Å². The second-order valence-electron chi connectivity index (χ2n) is 3.02. The van der Waals surface area contributed by atoms with Crippen LogP contribution in [0.25, 0.3) is 0 Å². The maximum atomic E-state index is 11.6. The molecular weight excluding hydrogens is 267 g/mol. The van der Waals surface area contributed by atoms with Crippen LogP contribution in [0.4, 0.5) is 13.2 Å². The molecule has 0 heterocycles. The van der Waals surface area contributed by atoms with Gasteiger partial charge in [0.15, 0.2) is 0 Å². The first-order chi connectivity index (χ1) is 7.62. The van der Waals surface area contributed by atoms with Crippen LogP contribution in [0.15, 0.2) is 0 Å². The molecule has 0 amide bonds. The van der Waals surface area contributed by atoms with Crippen molar-refractivity contribution < 1.29 is 36.2 Å². The van der Waals surface area contributed by atoms with Crippen molar-refractivity contribution in [1.82, 2.24) is 4.72 Å². The minimum absolute atomic E-state index is 0.335. The summed E-state index contributed by atoms with van der Waals surface area (Å²) in [5.41, 5.74) is 0. The molecule has 0 aromatic rings. The number of alkyl halides is 3. The number of carbonyl (C=O) groups is 1. The van der Waals surface area contributed by atoms with Gasteiger partial charge in [0.25, 0.3) is 0 Å². The van der Waals surface area contributed by atoms with Crippen molar-refractivity contribution in [3.63, 3.8) is 0 Å². The Balaban J connectivity index is 3.70. The summed E-state index contributed by atoms with van der Waals surface area (Å²) in [7, 11) is -3.78. The maximum Gasteiger partial charge on any atom is 0.411 e. The monoisotopic (exact) mass is 279 g/mol. The zero-order valence-electron chi connectivity index (χ0n) is 8.66. The number of carboxylic acid groups (broad SMARTS) is 1. The van der Waals surface area contributed by atoms with E-state index in [1.807, 2.05) is 4.72 Å². The second-order valence-corrected chi connectivity index (χ2v) is 4.95. The van der Waals surface area contributed by atoms with E-state index in [1.165, 1.54) is 0 Å². The number of aliphatic carboxylic acids is 1. The molecule has 0 saturated heterocycles. The highest BCUT2D eigenvalue weighted by atomic mass is 32.2. The van der Waals surface area contributed by atoms with Gasteiger partial charge >= 0.3 is 12.1 Å². The molecule has 6 nitrogen and oxygen atoms in total. The van der Waals surface area contributed by atoms with Crippen molar-refractivity contribution in [2.24, 2.45) is 0 Å². The van der Waals surface area contributed by atoms with Gasteiger partial charge in [-0.3, -0.25) is 4.79 Å². The van der Waals surface area contributed by atoms with Crippen LogP contribution in [-0.4, -0.2) is 51.2 Å². The van der Waals surface area contributed by atoms with E-state index in [0.717, 1.165) is 0 Å². The lowest BCUT2D eigenvalue weighted by Crippen LogP contribution is -2.31. The number of carboxylic acids is 1. The van der Waals surface area contributed by atoms with Crippen LogP contribution in [0, 0.1) is 0 Å². The van der Waals surface area contributed by atoms with E-state index in [2.05, 4.69) is 4.74 Å². The molecule has 0 spiro atoms. The lowest BCUT2D eigenvalue weighted by molar-refractivity contribution is -0.173. The number of hydrogen-bond acceptors (Lipinski definition) is 4. The Hall–Kier alpha value is -0.870. The van der Waals surface area contributed by atoms with Crippen LogP contribution < -0.4 is 4.72 Å². The fraction of sp³-hybridized carbons (Fsp3) is 0.857. The minimum atomic E-state index is -4.46. The third-order valence-electron chi connectivity index (χ3n) is 1.42. The largest absolute Gasteiger partial charge is 0.481 e. The van der Waals surface area contributed by atoms with Gasteiger partial charge in [-0.2, -0.15) is 13.2 Å². The molecule has 0 aliphatic carbocycles. The Bertz CT molecular complexity index is 340. The maximum absolute atomic E-state index is 11.6. The standard InChI is InChI=1S/C7H12F3NO5S/c8-7(9,10)5-16-3-2-11-17(14,15)4-1-6(12)13/h11H,1-5H2,(H,12,13). The molecule has 0 saturated carbocycles. The summed E-state index contributed by atoms with van der Waals surface area (Å²) >= 11 is 0. The fourth-order valence-corrected chi connectivity index (χ4v) is 1.73. The van der Waals surface area contributed by atoms with E-state index in [0.29, 0.717) is 0 Å². The molecule has 0 aliphatic rings. The number of ether oxygens (including phenoxy) is 1. The molecule has 0 aromatic heterocycles. The van der Waals surface area contributed by atoms with E-state index >= 15 is 0 Å². The van der Waals surface area contributed by atoms with Crippen molar-refractivity contribution >= 4 is 16.0 Å². The van der Waals surface area contributed by atoms with Gasteiger partial charge in [-0.1, -0.05) is 0 Å². The molecule has 102 valence electrons. The number of sulfonamides is 1. The Morgan fingerprint density at radius 2 is 1.94 bits per heavy atom. The normalized spacial score (nSPS) is 12.6. The highest BCUT2D eigenvalue weighted by Crippen LogP contribution is 2.13. The predicted molar refractivity (Wildman–Crippen MR) is 50.9 cm³/mol. The topological polar surface area (TPSA) is 92.7 Å². The van der Waals surface area contributed by atoms with Gasteiger partial charge in [-0.15, -0.1) is 0 Å². The van der Waals surface area contributed by atoms with Gasteiger partial charge in [0, 0.05) is 6.54 Å². The van der Waals surface area contributed by atoms with Crippen LogP contribution in [-0.2, 0) is 19.6 Å². The summed E-state index contributed by atoms with van der Waals surface area (Å²) in [4.78, 5) is 10.1. The highest BCUT2D eigenvalue weighted by Gasteiger charge is 2.27. The third kappa shape index (κ3) is 11.4. The van der Waals surface area contributed by atoms with Gasteiger partial charge in [0.2, 0.25) is 10.0 Å². The minimum Gasteiger partial charge on any atom is -0.481 e. The first kappa shape index (κ1) is 16.1. The van der Waals surface area contributed by atoms with E-state index in [1.54, 1.807) is 0 Å². The lowest BCUT2D eigenvalue weighted by atomic mass is 10.5. The van der Waals surface area contributed by atoms with Crippen molar-refractivity contribution in [3.8, 4) is 0 Å². The van der Waals surface area contributed by atoms with Crippen LogP contribution >= 0.6 is 0 Å². The summed E-state index contributed by atoms with van der Waals surface area (Å²) < 4.78 is 62.9. The first-order valence-corrected chi connectivity index (χ1v) is 6.11. The zero-order valence-corrected chi connectivity index (χ0v) is 9.47. The smallest absolute Gasteiger partial charge is 0.411 e. The summed E-state index contributed by atoms with van der Waals surface area (Å²) in [6.07, 6.45) is -5.03. The molecule has 10 heteroatoms. The van der Waals surface area contributed by atoms with Crippen molar-refractivity contribution in [3.05, 3.63) is 0 Å². The zero-order chi connectivity index (χ0) is 13.5. The molecule has 2 N–H and O–H groups in total. The molecule has 0 aliphatic heterocycles. The van der Waals surface area contributed by atoms with Gasteiger partial charge in [0.05, 0.1) is 18.8 Å². The highest BCUT2D eigenvalue weighted by molar-refractivity contribution is 7.89. The average Bonchev–Trinajstić information content (AvgIpc) is 2.12. The second kappa shape index (κ2) is 6.77. The Kier molecular flexibility index (Phi) is 6.42. The van der Waals surface area contributed by atoms with Crippen molar-refractivity contribution in [2.75, 3.05) is 25.5 Å². The van der Waals surface area contributed by atoms with E-state index in [-0.39, 0.29) is 6.54 Å². The third-order valence-corrected chi connectivity index (χ3v) is 2.80. The molecule has 0 atom stereocenters. The Morgan fingerprint density at radius 3 is 2.41 bits per heavy atom. The van der Waals surface area contributed by atoms with E-state index in [9.17, 15) is 26.4 Å². The molecule has 0 unspecified atom stereocenters. The van der Waals surface area contributed by atoms with Gasteiger partial charge < -0.3 is 9.84 Å². The summed E-state index contributed by atoms with van der Waals surface area (Å²) in [6.45, 7) is -2.23. The molecule has 0 bridgehead atoms. The predicted octanol–water partition coefficient (Wildman–Crippen LogP) is -0.0406. The number of halogens is 3. The number of hydrogen-bond donors (Lipinski definition) is 2. The first-order valence-electron chi connectivity index (χ1n) is 4.46. The quantitative estimate of drug-likeness (QED) is 0.608. The van der Waals surface area contributed by atoms with Crippen LogP contribution in [0.1, 0.15) is 6.42 Å². The number of nitrogens with one attached hydrogen (secondary N) is 1. The van der Waals surface area contributed by atoms with Gasteiger partial charge in [-0.25, -0.2) is 13.1 Å². The Labute approximate surface area is 95.8 Å². The van der Waals surface area contributed by atoms with E-state index < -0.39 is 47.6 Å². The van der Waals surface area contributed by atoms with Crippen molar-refractivity contribution in [1.29, 1.82) is 0 Å². The molecular formula is C7H12F3NO5S. The average molecular weight is 279 g/mol. The van der Waals surface area contributed by atoms with Crippen molar-refractivity contribution in [2.45, 2.75) is 12.6 Å². The summed E-state index contributed by atoms with van der Waals surface area (Å²) in [5, 5.41) is 8.23. The van der Waals surface area contributed by atoms with Crippen LogP contribution in [0.2, 0.25) is 0 Å². The number of rotatable bonds is 8. The molecule has 17 heavy (non-hydrogen) atoms. The molecule has 0 rings (SSSR count). The summed E-state index contributed by atoms with van der Waals surface area (Å²) in [6, 6.07) is 0. The molecule has 0 radical (unpaired) electrons. The van der Waals surface area contributed by atoms with Crippen LogP contribution in [0.3, 0.4) is 0 Å². The molecule has 0 fully saturated rings. The van der Waals surface area contributed by atoms with Gasteiger partial charge in [-0.05, 0) is 0 Å². The van der Waals surface area contributed by atoms with Crippen LogP contribution in [0.5, 0.6) is 0 Å². The molecule has 0 aromatic carbocycles.